The van der Waals surface area contributed by atoms with Gasteiger partial charge in [-0.3, -0.25) is 9.59 Å². The Kier molecular flexibility index (Phi) is 6.67. The van der Waals surface area contributed by atoms with Gasteiger partial charge in [0.25, 0.3) is 5.91 Å². The molecule has 0 aromatic heterocycles. The summed E-state index contributed by atoms with van der Waals surface area (Å²) in [6, 6.07) is 0. The number of hydrogen-bond acceptors (Lipinski definition) is 5. The predicted molar refractivity (Wildman–Crippen MR) is 64.1 cm³/mol. The molecule has 6 nitrogen and oxygen atoms in total. The van der Waals surface area contributed by atoms with Crippen molar-refractivity contribution in [1.29, 1.82) is 0 Å². The van der Waals surface area contributed by atoms with Crippen molar-refractivity contribution in [2.24, 2.45) is 0 Å². The first-order chi connectivity index (χ1) is 8.69. The van der Waals surface area contributed by atoms with Crippen LogP contribution in [0.3, 0.4) is 0 Å². The molecule has 104 valence electrons. The number of esters is 1. The first kappa shape index (κ1) is 14.9. The number of methoxy groups -OCH3 is 2. The normalized spacial score (nSPS) is 18.7. The highest BCUT2D eigenvalue weighted by molar-refractivity contribution is 5.81. The van der Waals surface area contributed by atoms with E-state index in [4.69, 9.17) is 9.47 Å². The summed E-state index contributed by atoms with van der Waals surface area (Å²) in [7, 11) is 2.92. The minimum atomic E-state index is -0.362. The van der Waals surface area contributed by atoms with Crippen molar-refractivity contribution in [3.63, 3.8) is 0 Å². The van der Waals surface area contributed by atoms with Crippen molar-refractivity contribution in [2.45, 2.75) is 25.4 Å². The van der Waals surface area contributed by atoms with Gasteiger partial charge in [0.1, 0.15) is 6.10 Å². The average molecular weight is 259 g/mol. The minimum Gasteiger partial charge on any atom is -0.469 e. The molecule has 0 aromatic carbocycles. The molecule has 18 heavy (non-hydrogen) atoms. The van der Waals surface area contributed by atoms with Gasteiger partial charge in [-0.15, -0.1) is 0 Å². The Morgan fingerprint density at radius 1 is 1.33 bits per heavy atom. The van der Waals surface area contributed by atoms with E-state index < -0.39 is 0 Å². The van der Waals surface area contributed by atoms with Crippen LogP contribution in [0.25, 0.3) is 0 Å². The molecule has 0 aromatic rings. The molecule has 0 radical (unpaired) electrons. The Bertz CT molecular complexity index is 276. The molecule has 1 aliphatic rings. The van der Waals surface area contributed by atoms with E-state index in [9.17, 15) is 9.59 Å². The molecular weight excluding hydrogens is 238 g/mol. The summed E-state index contributed by atoms with van der Waals surface area (Å²) in [4.78, 5) is 24.9. The third-order valence-electron chi connectivity index (χ3n) is 2.90. The second kappa shape index (κ2) is 8.05. The lowest BCUT2D eigenvalue weighted by Gasteiger charge is -2.24. The number of rotatable bonds is 7. The van der Waals surface area contributed by atoms with Gasteiger partial charge in [0.05, 0.1) is 20.1 Å². The highest BCUT2D eigenvalue weighted by Gasteiger charge is 2.28. The standard InChI is InChI=1S/C12H21NO5/c1-16-9-7-13(6-5-11(14)17-2)12(15)10-4-3-8-18-10/h10H,3-9H2,1-2H3/t10-/m1/s1. The zero-order valence-electron chi connectivity index (χ0n) is 11.0. The Balaban J connectivity index is 2.47. The molecule has 0 bridgehead atoms. The van der Waals surface area contributed by atoms with E-state index in [0.717, 1.165) is 12.8 Å². The van der Waals surface area contributed by atoms with Crippen molar-refractivity contribution >= 4 is 11.9 Å². The molecule has 1 amide bonds. The second-order valence-corrected chi connectivity index (χ2v) is 4.15. The zero-order chi connectivity index (χ0) is 13.4. The van der Waals surface area contributed by atoms with Gasteiger partial charge in [0.2, 0.25) is 0 Å². The van der Waals surface area contributed by atoms with Crippen molar-refractivity contribution < 1.29 is 23.8 Å². The van der Waals surface area contributed by atoms with Crippen LogP contribution in [0.4, 0.5) is 0 Å². The van der Waals surface area contributed by atoms with Crippen molar-refractivity contribution in [1.82, 2.24) is 4.90 Å². The number of amides is 1. The number of carbonyl (C=O) groups excluding carboxylic acids is 2. The predicted octanol–water partition coefficient (Wildman–Crippen LogP) is 0.204. The van der Waals surface area contributed by atoms with Crippen LogP contribution < -0.4 is 0 Å². The van der Waals surface area contributed by atoms with Gasteiger partial charge in [-0.2, -0.15) is 0 Å². The van der Waals surface area contributed by atoms with Crippen LogP contribution in [-0.2, 0) is 23.8 Å². The van der Waals surface area contributed by atoms with Crippen LogP contribution in [0.15, 0.2) is 0 Å². The lowest BCUT2D eigenvalue weighted by Crippen LogP contribution is -2.42. The fourth-order valence-electron chi connectivity index (χ4n) is 1.84. The zero-order valence-corrected chi connectivity index (χ0v) is 11.0. The lowest BCUT2D eigenvalue weighted by molar-refractivity contribution is -0.144. The number of nitrogens with zero attached hydrogens (tertiary/aromatic N) is 1. The van der Waals surface area contributed by atoms with E-state index >= 15 is 0 Å². The maximum absolute atomic E-state index is 12.1. The fourth-order valence-corrected chi connectivity index (χ4v) is 1.84. The molecule has 0 N–H and O–H groups in total. The third kappa shape index (κ3) is 4.62. The Hall–Kier alpha value is -1.14. The van der Waals surface area contributed by atoms with Crippen LogP contribution in [0, 0.1) is 0 Å². The molecule has 1 fully saturated rings. The van der Waals surface area contributed by atoms with E-state index in [1.165, 1.54) is 7.11 Å². The molecule has 0 saturated carbocycles. The van der Waals surface area contributed by atoms with E-state index in [1.54, 1.807) is 12.0 Å². The third-order valence-corrected chi connectivity index (χ3v) is 2.90. The number of hydrogen-bond donors (Lipinski definition) is 0. The molecular formula is C12H21NO5. The average Bonchev–Trinajstić information content (AvgIpc) is 2.91. The Labute approximate surface area is 107 Å². The topological polar surface area (TPSA) is 65.1 Å². The molecule has 6 heteroatoms. The largest absolute Gasteiger partial charge is 0.469 e. The second-order valence-electron chi connectivity index (χ2n) is 4.15. The van der Waals surface area contributed by atoms with Crippen LogP contribution >= 0.6 is 0 Å². The summed E-state index contributed by atoms with van der Waals surface area (Å²) in [6.45, 7) is 1.88. The maximum atomic E-state index is 12.1. The summed E-state index contributed by atoms with van der Waals surface area (Å²) in [5, 5.41) is 0. The number of ether oxygens (including phenoxy) is 3. The first-order valence-corrected chi connectivity index (χ1v) is 6.15. The van der Waals surface area contributed by atoms with Crippen molar-refractivity contribution in [3.05, 3.63) is 0 Å². The van der Waals surface area contributed by atoms with Crippen LogP contribution in [0.5, 0.6) is 0 Å². The van der Waals surface area contributed by atoms with Gasteiger partial charge in [-0.25, -0.2) is 0 Å². The molecule has 1 atom stereocenters. The maximum Gasteiger partial charge on any atom is 0.307 e. The Morgan fingerprint density at radius 3 is 2.67 bits per heavy atom. The number of carbonyl (C=O) groups is 2. The molecule has 1 heterocycles. The lowest BCUT2D eigenvalue weighted by atomic mass is 10.2. The van der Waals surface area contributed by atoms with E-state index in [2.05, 4.69) is 4.74 Å². The van der Waals surface area contributed by atoms with Gasteiger partial charge in [0.15, 0.2) is 0 Å². The van der Waals surface area contributed by atoms with Gasteiger partial charge in [-0.05, 0) is 12.8 Å². The molecule has 1 rings (SSSR count). The first-order valence-electron chi connectivity index (χ1n) is 6.15. The molecule has 0 unspecified atom stereocenters. The Morgan fingerprint density at radius 2 is 2.11 bits per heavy atom. The van der Waals surface area contributed by atoms with Crippen molar-refractivity contribution in [3.8, 4) is 0 Å². The highest BCUT2D eigenvalue weighted by Crippen LogP contribution is 2.15. The van der Waals surface area contributed by atoms with Gasteiger partial charge < -0.3 is 19.1 Å². The van der Waals surface area contributed by atoms with E-state index in [0.29, 0.717) is 26.3 Å². The smallest absolute Gasteiger partial charge is 0.307 e. The van der Waals surface area contributed by atoms with Crippen LogP contribution in [-0.4, -0.2) is 63.4 Å². The molecule has 1 saturated heterocycles. The summed E-state index contributed by atoms with van der Waals surface area (Å²) < 4.78 is 14.9. The van der Waals surface area contributed by atoms with Crippen molar-refractivity contribution in [2.75, 3.05) is 40.5 Å². The molecule has 0 spiro atoms. The van der Waals surface area contributed by atoms with Crippen LogP contribution in [0.2, 0.25) is 0 Å². The highest BCUT2D eigenvalue weighted by atomic mass is 16.5. The summed E-state index contributed by atoms with van der Waals surface area (Å²) in [5.74, 6) is -0.383. The van der Waals surface area contributed by atoms with Crippen LogP contribution in [0.1, 0.15) is 19.3 Å². The monoisotopic (exact) mass is 259 g/mol. The minimum absolute atomic E-state index is 0.0616. The molecule has 1 aliphatic heterocycles. The summed E-state index contributed by atoms with van der Waals surface area (Å²) in [6.07, 6.45) is 1.49. The quantitative estimate of drug-likeness (QED) is 0.611. The van der Waals surface area contributed by atoms with Gasteiger partial charge in [-0.1, -0.05) is 0 Å². The van der Waals surface area contributed by atoms with Gasteiger partial charge in [0, 0.05) is 26.8 Å². The summed E-state index contributed by atoms with van der Waals surface area (Å²) >= 11 is 0. The van der Waals surface area contributed by atoms with E-state index in [1.807, 2.05) is 0 Å². The molecule has 0 aliphatic carbocycles. The summed E-state index contributed by atoms with van der Waals surface area (Å²) in [5.41, 5.74) is 0. The van der Waals surface area contributed by atoms with E-state index in [-0.39, 0.29) is 24.4 Å². The SMILES string of the molecule is COCCN(CCC(=O)OC)C(=O)[C@H]1CCCO1. The van der Waals surface area contributed by atoms with Gasteiger partial charge >= 0.3 is 5.97 Å². The fraction of sp³-hybridized carbons (Fsp3) is 0.833.